The van der Waals surface area contributed by atoms with E-state index in [1.807, 2.05) is 30.0 Å². The lowest BCUT2D eigenvalue weighted by atomic mass is 10.2. The molecule has 16 heavy (non-hydrogen) atoms. The second-order valence-corrected chi connectivity index (χ2v) is 5.12. The topological polar surface area (TPSA) is 17.1 Å². The van der Waals surface area contributed by atoms with Gasteiger partial charge in [0.1, 0.15) is 6.29 Å². The van der Waals surface area contributed by atoms with E-state index in [4.69, 9.17) is 0 Å². The summed E-state index contributed by atoms with van der Waals surface area (Å²) in [6, 6.07) is 7.83. The van der Waals surface area contributed by atoms with Gasteiger partial charge in [-0.3, -0.25) is 4.79 Å². The molecule has 1 rings (SSSR count). The molecule has 0 aliphatic rings. The average Bonchev–Trinajstić information content (AvgIpc) is 2.34. The monoisotopic (exact) mass is 236 g/mol. The van der Waals surface area contributed by atoms with Crippen LogP contribution in [0.4, 0.5) is 0 Å². The molecule has 0 bridgehead atoms. The van der Waals surface area contributed by atoms with Gasteiger partial charge in [-0.25, -0.2) is 0 Å². The van der Waals surface area contributed by atoms with Crippen LogP contribution in [-0.2, 0) is 0 Å². The first-order valence-electron chi connectivity index (χ1n) is 6.05. The Morgan fingerprint density at radius 3 is 2.75 bits per heavy atom. The fourth-order valence-corrected chi connectivity index (χ4v) is 2.55. The highest BCUT2D eigenvalue weighted by molar-refractivity contribution is 7.99. The molecule has 0 amide bonds. The van der Waals surface area contributed by atoms with E-state index >= 15 is 0 Å². The van der Waals surface area contributed by atoms with E-state index in [-0.39, 0.29) is 0 Å². The summed E-state index contributed by atoms with van der Waals surface area (Å²) in [5, 5.41) is 0. The largest absolute Gasteiger partial charge is 0.298 e. The van der Waals surface area contributed by atoms with Crippen LogP contribution in [0.25, 0.3) is 0 Å². The Bertz CT molecular complexity index is 309. The van der Waals surface area contributed by atoms with Gasteiger partial charge in [0.15, 0.2) is 0 Å². The van der Waals surface area contributed by atoms with Gasteiger partial charge in [0.05, 0.1) is 0 Å². The summed E-state index contributed by atoms with van der Waals surface area (Å²) in [6.45, 7) is 2.24. The molecular formula is C14H20OS. The minimum absolute atomic E-state index is 0.774. The molecule has 0 spiro atoms. The summed E-state index contributed by atoms with van der Waals surface area (Å²) in [5.41, 5.74) is 0.774. The van der Waals surface area contributed by atoms with Gasteiger partial charge in [0.25, 0.3) is 0 Å². The predicted octanol–water partition coefficient (Wildman–Crippen LogP) is 4.56. The van der Waals surface area contributed by atoms with E-state index in [9.17, 15) is 4.79 Å². The molecule has 0 aliphatic heterocycles. The predicted molar refractivity (Wildman–Crippen MR) is 71.3 cm³/mol. The molecule has 0 atom stereocenters. The van der Waals surface area contributed by atoms with Crippen molar-refractivity contribution < 1.29 is 4.79 Å². The van der Waals surface area contributed by atoms with Crippen LogP contribution in [0.1, 0.15) is 49.4 Å². The van der Waals surface area contributed by atoms with Crippen LogP contribution < -0.4 is 0 Å². The molecule has 0 radical (unpaired) electrons. The van der Waals surface area contributed by atoms with Gasteiger partial charge in [-0.1, -0.05) is 44.7 Å². The first-order chi connectivity index (χ1) is 7.86. The van der Waals surface area contributed by atoms with Gasteiger partial charge in [0, 0.05) is 10.5 Å². The fraction of sp³-hybridized carbons (Fsp3) is 0.500. The van der Waals surface area contributed by atoms with Crippen LogP contribution in [0.3, 0.4) is 0 Å². The number of hydrogen-bond donors (Lipinski definition) is 0. The van der Waals surface area contributed by atoms with Gasteiger partial charge < -0.3 is 0 Å². The minimum Gasteiger partial charge on any atom is -0.298 e. The zero-order chi connectivity index (χ0) is 11.6. The fourth-order valence-electron chi connectivity index (χ4n) is 1.57. The number of carbonyl (C=O) groups is 1. The van der Waals surface area contributed by atoms with E-state index in [1.54, 1.807) is 0 Å². The van der Waals surface area contributed by atoms with Crippen molar-refractivity contribution in [2.45, 2.75) is 43.9 Å². The number of carbonyl (C=O) groups excluding carboxylic acids is 1. The molecule has 1 aromatic carbocycles. The molecule has 0 aromatic heterocycles. The Kier molecular flexibility index (Phi) is 6.98. The zero-order valence-corrected chi connectivity index (χ0v) is 10.8. The van der Waals surface area contributed by atoms with E-state index in [0.29, 0.717) is 0 Å². The summed E-state index contributed by atoms with van der Waals surface area (Å²) in [5.74, 6) is 1.16. The Labute approximate surface area is 103 Å². The number of unbranched alkanes of at least 4 members (excludes halogenated alkanes) is 4. The highest BCUT2D eigenvalue weighted by Gasteiger charge is 1.96. The van der Waals surface area contributed by atoms with E-state index in [2.05, 4.69) is 13.0 Å². The average molecular weight is 236 g/mol. The molecule has 0 saturated carbocycles. The van der Waals surface area contributed by atoms with Gasteiger partial charge in [0.2, 0.25) is 0 Å². The minimum atomic E-state index is 0.774. The summed E-state index contributed by atoms with van der Waals surface area (Å²) in [7, 11) is 0. The van der Waals surface area contributed by atoms with E-state index in [1.165, 1.54) is 37.0 Å². The molecule has 0 fully saturated rings. The molecule has 0 heterocycles. The van der Waals surface area contributed by atoms with Crippen molar-refractivity contribution in [2.75, 3.05) is 5.75 Å². The lowest BCUT2D eigenvalue weighted by Crippen LogP contribution is -1.84. The van der Waals surface area contributed by atoms with Crippen LogP contribution in [0.2, 0.25) is 0 Å². The summed E-state index contributed by atoms with van der Waals surface area (Å²) in [6.07, 6.45) is 7.51. The summed E-state index contributed by atoms with van der Waals surface area (Å²) < 4.78 is 0. The number of benzene rings is 1. The van der Waals surface area contributed by atoms with Crippen molar-refractivity contribution in [3.63, 3.8) is 0 Å². The van der Waals surface area contributed by atoms with Crippen molar-refractivity contribution >= 4 is 18.0 Å². The van der Waals surface area contributed by atoms with E-state index < -0.39 is 0 Å². The molecule has 2 heteroatoms. The lowest BCUT2D eigenvalue weighted by molar-refractivity contribution is 0.112. The Morgan fingerprint density at radius 1 is 1.19 bits per heavy atom. The van der Waals surface area contributed by atoms with Crippen LogP contribution in [0.15, 0.2) is 29.2 Å². The number of aldehydes is 1. The molecule has 0 unspecified atom stereocenters. The van der Waals surface area contributed by atoms with Crippen LogP contribution in [0, 0.1) is 0 Å². The Morgan fingerprint density at radius 2 is 2.00 bits per heavy atom. The molecular weight excluding hydrogens is 216 g/mol. The Hall–Kier alpha value is -0.760. The Balaban J connectivity index is 2.18. The maximum absolute atomic E-state index is 10.6. The van der Waals surface area contributed by atoms with Crippen molar-refractivity contribution in [3.8, 4) is 0 Å². The maximum atomic E-state index is 10.6. The highest BCUT2D eigenvalue weighted by atomic mass is 32.2. The SMILES string of the molecule is CCCCCCCSc1cccc(C=O)c1. The van der Waals surface area contributed by atoms with Gasteiger partial charge in [-0.15, -0.1) is 11.8 Å². The van der Waals surface area contributed by atoms with Crippen molar-refractivity contribution in [2.24, 2.45) is 0 Å². The van der Waals surface area contributed by atoms with Gasteiger partial charge >= 0.3 is 0 Å². The van der Waals surface area contributed by atoms with Crippen molar-refractivity contribution in [1.82, 2.24) is 0 Å². The van der Waals surface area contributed by atoms with Crippen LogP contribution in [-0.4, -0.2) is 12.0 Å². The van der Waals surface area contributed by atoms with E-state index in [0.717, 1.165) is 17.6 Å². The first kappa shape index (κ1) is 13.3. The summed E-state index contributed by atoms with van der Waals surface area (Å²) in [4.78, 5) is 11.8. The van der Waals surface area contributed by atoms with Crippen LogP contribution in [0.5, 0.6) is 0 Å². The summed E-state index contributed by atoms with van der Waals surface area (Å²) >= 11 is 1.85. The quantitative estimate of drug-likeness (QED) is 0.374. The number of rotatable bonds is 8. The smallest absolute Gasteiger partial charge is 0.150 e. The molecule has 0 N–H and O–H groups in total. The third kappa shape index (κ3) is 5.36. The number of hydrogen-bond acceptors (Lipinski definition) is 2. The van der Waals surface area contributed by atoms with Gasteiger partial charge in [-0.05, 0) is 24.3 Å². The molecule has 88 valence electrons. The normalized spacial score (nSPS) is 10.3. The van der Waals surface area contributed by atoms with Crippen LogP contribution >= 0.6 is 11.8 Å². The lowest BCUT2D eigenvalue weighted by Gasteiger charge is -2.02. The number of thioether (sulfide) groups is 1. The van der Waals surface area contributed by atoms with Crippen molar-refractivity contribution in [1.29, 1.82) is 0 Å². The first-order valence-corrected chi connectivity index (χ1v) is 7.03. The highest BCUT2D eigenvalue weighted by Crippen LogP contribution is 2.20. The second kappa shape index (κ2) is 8.40. The molecule has 1 nitrogen and oxygen atoms in total. The maximum Gasteiger partial charge on any atom is 0.150 e. The van der Waals surface area contributed by atoms with Gasteiger partial charge in [-0.2, -0.15) is 0 Å². The standard InChI is InChI=1S/C14H20OS/c1-2-3-4-5-6-10-16-14-9-7-8-13(11-14)12-15/h7-9,11-12H,2-6,10H2,1H3. The van der Waals surface area contributed by atoms with Crippen molar-refractivity contribution in [3.05, 3.63) is 29.8 Å². The third-order valence-corrected chi connectivity index (χ3v) is 3.59. The molecule has 0 aliphatic carbocycles. The molecule has 0 saturated heterocycles. The zero-order valence-electron chi connectivity index (χ0n) is 9.95. The molecule has 1 aromatic rings. The second-order valence-electron chi connectivity index (χ2n) is 3.95. The third-order valence-electron chi connectivity index (χ3n) is 2.51.